The Balaban J connectivity index is 1.96. The molecule has 0 spiro atoms. The third kappa shape index (κ3) is 2.96. The molecular formula is C18H19N5O2S2. The van der Waals surface area contributed by atoms with Gasteiger partial charge in [0.15, 0.2) is 5.82 Å². The van der Waals surface area contributed by atoms with E-state index in [0.29, 0.717) is 11.2 Å². The second-order valence-corrected chi connectivity index (χ2v) is 9.35. The fourth-order valence-corrected chi connectivity index (χ4v) is 5.30. The van der Waals surface area contributed by atoms with Crippen LogP contribution in [0.1, 0.15) is 25.6 Å². The highest BCUT2D eigenvalue weighted by Gasteiger charge is 2.27. The van der Waals surface area contributed by atoms with Crippen LogP contribution in [0.5, 0.6) is 0 Å². The van der Waals surface area contributed by atoms with Gasteiger partial charge in [-0.05, 0) is 30.0 Å². The molecule has 0 aliphatic heterocycles. The first kappa shape index (κ1) is 17.9. The molecule has 4 rings (SSSR count). The van der Waals surface area contributed by atoms with Crippen molar-refractivity contribution < 1.29 is 8.42 Å². The monoisotopic (exact) mass is 401 g/mol. The molecule has 0 radical (unpaired) electrons. The molecule has 1 aromatic carbocycles. The van der Waals surface area contributed by atoms with E-state index in [1.54, 1.807) is 17.5 Å². The van der Waals surface area contributed by atoms with Gasteiger partial charge >= 0.3 is 0 Å². The summed E-state index contributed by atoms with van der Waals surface area (Å²) < 4.78 is 29.4. The zero-order valence-corrected chi connectivity index (χ0v) is 16.7. The van der Waals surface area contributed by atoms with Crippen molar-refractivity contribution in [2.45, 2.75) is 30.4 Å². The van der Waals surface area contributed by atoms with Crippen molar-refractivity contribution >= 4 is 43.9 Å². The van der Waals surface area contributed by atoms with Gasteiger partial charge in [-0.15, -0.1) is 21.5 Å². The predicted molar refractivity (Wildman–Crippen MR) is 107 cm³/mol. The molecule has 3 aromatic heterocycles. The van der Waals surface area contributed by atoms with E-state index >= 15 is 0 Å². The average molecular weight is 402 g/mol. The molecule has 140 valence electrons. The first-order chi connectivity index (χ1) is 13.0. The summed E-state index contributed by atoms with van der Waals surface area (Å²) in [7, 11) is -2.20. The van der Waals surface area contributed by atoms with Crippen LogP contribution < -0.4 is 4.31 Å². The molecule has 0 N–H and O–H groups in total. The molecule has 0 unspecified atom stereocenters. The van der Waals surface area contributed by atoms with Crippen molar-refractivity contribution in [3.05, 3.63) is 47.6 Å². The van der Waals surface area contributed by atoms with Crippen LogP contribution in [0.2, 0.25) is 0 Å². The Hall–Kier alpha value is -2.52. The second kappa shape index (κ2) is 6.90. The molecule has 0 atom stereocenters. The maximum absolute atomic E-state index is 13.0. The van der Waals surface area contributed by atoms with Crippen molar-refractivity contribution in [2.75, 3.05) is 11.4 Å². The Morgan fingerprint density at radius 1 is 1.15 bits per heavy atom. The number of aryl methyl sites for hydroxylation is 1. The van der Waals surface area contributed by atoms with Gasteiger partial charge in [0.2, 0.25) is 5.65 Å². The molecule has 0 fully saturated rings. The van der Waals surface area contributed by atoms with Crippen LogP contribution in [-0.2, 0) is 16.4 Å². The van der Waals surface area contributed by atoms with Crippen LogP contribution in [0.25, 0.3) is 16.7 Å². The summed E-state index contributed by atoms with van der Waals surface area (Å²) in [5.41, 5.74) is 2.02. The van der Waals surface area contributed by atoms with Gasteiger partial charge in [0, 0.05) is 13.5 Å². The Kier molecular flexibility index (Phi) is 4.56. The second-order valence-electron chi connectivity index (χ2n) is 6.21. The highest BCUT2D eigenvalue weighted by atomic mass is 32.2. The molecule has 0 aliphatic carbocycles. The topological polar surface area (TPSA) is 80.5 Å². The van der Waals surface area contributed by atoms with Gasteiger partial charge in [0.05, 0.1) is 11.0 Å². The Bertz CT molecular complexity index is 1200. The van der Waals surface area contributed by atoms with Crippen LogP contribution in [0.4, 0.5) is 5.82 Å². The van der Waals surface area contributed by atoms with Crippen LogP contribution in [0, 0.1) is 0 Å². The normalized spacial score (nSPS) is 12.1. The van der Waals surface area contributed by atoms with Crippen molar-refractivity contribution in [3.63, 3.8) is 0 Å². The van der Waals surface area contributed by atoms with Crippen LogP contribution in [0.15, 0.2) is 46.0 Å². The maximum Gasteiger partial charge on any atom is 0.274 e. The largest absolute Gasteiger partial charge is 0.274 e. The number of benzene rings is 1. The highest BCUT2D eigenvalue weighted by molar-refractivity contribution is 7.94. The summed E-state index contributed by atoms with van der Waals surface area (Å²) in [6, 6.07) is 10.9. The van der Waals surface area contributed by atoms with Crippen LogP contribution in [-0.4, -0.2) is 35.0 Å². The van der Waals surface area contributed by atoms with Crippen LogP contribution in [0.3, 0.4) is 0 Å². The number of nitrogens with zero attached hydrogens (tertiary/aromatic N) is 5. The lowest BCUT2D eigenvalue weighted by molar-refractivity contribution is 0.596. The summed E-state index contributed by atoms with van der Waals surface area (Å²) in [6.45, 7) is 2.12. The number of para-hydroxylation sites is 2. The van der Waals surface area contributed by atoms with Crippen molar-refractivity contribution in [2.24, 2.45) is 0 Å². The first-order valence-electron chi connectivity index (χ1n) is 8.69. The molecule has 0 saturated heterocycles. The third-order valence-corrected chi connectivity index (χ3v) is 7.56. The number of hydrogen-bond acceptors (Lipinski definition) is 6. The molecule has 3 heterocycles. The molecule has 7 nitrogen and oxygen atoms in total. The van der Waals surface area contributed by atoms with E-state index in [0.717, 1.165) is 30.6 Å². The quantitative estimate of drug-likeness (QED) is 0.494. The van der Waals surface area contributed by atoms with E-state index in [1.807, 2.05) is 28.7 Å². The standard InChI is InChI=1S/C18H19N5O2S2/c1-3-4-10-15-20-21-18-17(19-13-8-5-6-9-14(13)23(15)18)22(2)27(24,25)16-11-7-12-26-16/h5-9,11-12H,3-4,10H2,1-2H3. The van der Waals surface area contributed by atoms with Crippen molar-refractivity contribution in [1.29, 1.82) is 0 Å². The lowest BCUT2D eigenvalue weighted by atomic mass is 10.2. The lowest BCUT2D eigenvalue weighted by Gasteiger charge is -2.18. The smallest absolute Gasteiger partial charge is 0.274 e. The Morgan fingerprint density at radius 3 is 2.70 bits per heavy atom. The zero-order valence-electron chi connectivity index (χ0n) is 15.0. The van der Waals surface area contributed by atoms with Gasteiger partial charge < -0.3 is 0 Å². The fraction of sp³-hybridized carbons (Fsp3) is 0.278. The van der Waals surface area contributed by atoms with Gasteiger partial charge in [0.1, 0.15) is 10.0 Å². The summed E-state index contributed by atoms with van der Waals surface area (Å²) in [5, 5.41) is 10.4. The highest BCUT2D eigenvalue weighted by Crippen LogP contribution is 2.29. The fourth-order valence-electron chi connectivity index (χ4n) is 2.99. The molecule has 0 amide bonds. The molecule has 27 heavy (non-hydrogen) atoms. The van der Waals surface area contributed by atoms with Gasteiger partial charge in [-0.25, -0.2) is 17.7 Å². The van der Waals surface area contributed by atoms with E-state index in [2.05, 4.69) is 22.1 Å². The van der Waals surface area contributed by atoms with Gasteiger partial charge in [0.25, 0.3) is 10.0 Å². The van der Waals surface area contributed by atoms with Crippen molar-refractivity contribution in [3.8, 4) is 0 Å². The predicted octanol–water partition coefficient (Wildman–Crippen LogP) is 3.51. The minimum Gasteiger partial charge on any atom is -0.274 e. The van der Waals surface area contributed by atoms with E-state index in [-0.39, 0.29) is 10.0 Å². The lowest BCUT2D eigenvalue weighted by Crippen LogP contribution is -2.27. The summed E-state index contributed by atoms with van der Waals surface area (Å²) >= 11 is 1.18. The molecule has 0 saturated carbocycles. The summed E-state index contributed by atoms with van der Waals surface area (Å²) in [4.78, 5) is 4.60. The molecular weight excluding hydrogens is 382 g/mol. The molecule has 0 aliphatic rings. The number of thiophene rings is 1. The van der Waals surface area contributed by atoms with Crippen LogP contribution >= 0.6 is 11.3 Å². The van der Waals surface area contributed by atoms with E-state index < -0.39 is 10.0 Å². The van der Waals surface area contributed by atoms with Crippen molar-refractivity contribution in [1.82, 2.24) is 19.6 Å². The van der Waals surface area contributed by atoms with E-state index in [9.17, 15) is 8.42 Å². The SMILES string of the molecule is CCCCc1nnc2c(N(C)S(=O)(=O)c3cccs3)nc3ccccc3n12. The number of hydrogen-bond donors (Lipinski definition) is 0. The van der Waals surface area contributed by atoms with E-state index in [1.165, 1.54) is 22.7 Å². The first-order valence-corrected chi connectivity index (χ1v) is 11.0. The molecule has 0 bridgehead atoms. The van der Waals surface area contributed by atoms with Gasteiger partial charge in [-0.3, -0.25) is 4.40 Å². The average Bonchev–Trinajstić information content (AvgIpc) is 3.35. The third-order valence-electron chi connectivity index (χ3n) is 4.44. The Morgan fingerprint density at radius 2 is 1.96 bits per heavy atom. The number of aromatic nitrogens is 4. The zero-order chi connectivity index (χ0) is 19.0. The minimum absolute atomic E-state index is 0.267. The molecule has 9 heteroatoms. The molecule has 4 aromatic rings. The van der Waals surface area contributed by atoms with Gasteiger partial charge in [-0.1, -0.05) is 31.5 Å². The number of anilines is 1. The maximum atomic E-state index is 13.0. The van der Waals surface area contributed by atoms with Gasteiger partial charge in [-0.2, -0.15) is 0 Å². The minimum atomic E-state index is -3.71. The number of sulfonamides is 1. The Labute approximate surface area is 161 Å². The number of unbranched alkanes of at least 4 members (excludes halogenated alkanes) is 1. The number of fused-ring (bicyclic) bond motifs is 3. The van der Waals surface area contributed by atoms with E-state index in [4.69, 9.17) is 0 Å². The number of rotatable bonds is 6. The summed E-state index contributed by atoms with van der Waals surface area (Å²) in [5.74, 6) is 1.09. The summed E-state index contributed by atoms with van der Waals surface area (Å²) in [6.07, 6.45) is 2.79.